The summed E-state index contributed by atoms with van der Waals surface area (Å²) in [6.07, 6.45) is 0.904. The highest BCUT2D eigenvalue weighted by atomic mass is 35.5. The molecule has 0 aliphatic carbocycles. The fourth-order valence-corrected chi connectivity index (χ4v) is 2.63. The molecule has 1 unspecified atom stereocenters. The standard InChI is InChI=1S/C20H26N2O.ClH/c1-19(2,14-16-10-6-4-7-11-16)15-22-18(23)20(3,21)17-12-8-5-9-13-17;/h4-13H,14-15,21H2,1-3H3,(H,22,23);1H. The third-order valence-corrected chi connectivity index (χ3v) is 4.10. The van der Waals surface area contributed by atoms with Crippen LogP contribution in [0.25, 0.3) is 0 Å². The minimum Gasteiger partial charge on any atom is -0.354 e. The SMILES string of the molecule is CC(C)(CNC(=O)C(C)(N)c1ccccc1)Cc1ccccc1.Cl. The molecular weight excluding hydrogens is 320 g/mol. The predicted octanol–water partition coefficient (Wildman–Crippen LogP) is 3.67. The summed E-state index contributed by atoms with van der Waals surface area (Å²) in [6, 6.07) is 19.8. The third kappa shape index (κ3) is 5.36. The Hall–Kier alpha value is -1.84. The van der Waals surface area contributed by atoms with Crippen molar-refractivity contribution in [2.24, 2.45) is 11.1 Å². The van der Waals surface area contributed by atoms with E-state index in [9.17, 15) is 4.79 Å². The van der Waals surface area contributed by atoms with Gasteiger partial charge in [-0.3, -0.25) is 4.79 Å². The Labute approximate surface area is 151 Å². The first kappa shape index (κ1) is 20.2. The van der Waals surface area contributed by atoms with Crippen LogP contribution < -0.4 is 11.1 Å². The van der Waals surface area contributed by atoms with E-state index in [2.05, 4.69) is 31.3 Å². The van der Waals surface area contributed by atoms with E-state index < -0.39 is 5.54 Å². The summed E-state index contributed by atoms with van der Waals surface area (Å²) >= 11 is 0. The summed E-state index contributed by atoms with van der Waals surface area (Å²) in [6.45, 7) is 6.63. The molecule has 0 aliphatic heterocycles. The normalized spacial score (nSPS) is 13.5. The van der Waals surface area contributed by atoms with Crippen molar-refractivity contribution in [1.29, 1.82) is 0 Å². The number of carbonyl (C=O) groups is 1. The number of benzene rings is 2. The zero-order valence-corrected chi connectivity index (χ0v) is 15.4. The van der Waals surface area contributed by atoms with Crippen LogP contribution in [-0.4, -0.2) is 12.5 Å². The van der Waals surface area contributed by atoms with E-state index in [1.54, 1.807) is 6.92 Å². The topological polar surface area (TPSA) is 55.1 Å². The molecule has 2 aromatic rings. The average Bonchev–Trinajstić information content (AvgIpc) is 2.54. The predicted molar refractivity (Wildman–Crippen MR) is 102 cm³/mol. The Balaban J connectivity index is 0.00000288. The number of nitrogens with two attached hydrogens (primary N) is 1. The molecule has 24 heavy (non-hydrogen) atoms. The molecule has 2 rings (SSSR count). The van der Waals surface area contributed by atoms with Crippen molar-refractivity contribution in [2.45, 2.75) is 32.7 Å². The highest BCUT2D eigenvalue weighted by Gasteiger charge is 2.31. The van der Waals surface area contributed by atoms with Crippen LogP contribution in [-0.2, 0) is 16.8 Å². The van der Waals surface area contributed by atoms with Gasteiger partial charge in [0.05, 0.1) is 0 Å². The van der Waals surface area contributed by atoms with Crippen LogP contribution in [0.5, 0.6) is 0 Å². The smallest absolute Gasteiger partial charge is 0.244 e. The number of amides is 1. The number of halogens is 1. The minimum absolute atomic E-state index is 0. The van der Waals surface area contributed by atoms with E-state index in [0.717, 1.165) is 12.0 Å². The van der Waals surface area contributed by atoms with Gasteiger partial charge in [-0.25, -0.2) is 0 Å². The molecule has 3 nitrogen and oxygen atoms in total. The molecule has 0 aliphatic rings. The zero-order valence-electron chi connectivity index (χ0n) is 14.6. The number of hydrogen-bond acceptors (Lipinski definition) is 2. The molecule has 0 saturated carbocycles. The molecule has 2 aromatic carbocycles. The number of hydrogen-bond donors (Lipinski definition) is 2. The molecule has 0 fully saturated rings. The second kappa shape index (κ2) is 8.32. The molecule has 0 aromatic heterocycles. The fraction of sp³-hybridized carbons (Fsp3) is 0.350. The van der Waals surface area contributed by atoms with Crippen LogP contribution >= 0.6 is 12.4 Å². The van der Waals surface area contributed by atoms with Gasteiger partial charge in [-0.05, 0) is 29.9 Å². The van der Waals surface area contributed by atoms with Crippen molar-refractivity contribution in [3.05, 3.63) is 71.8 Å². The van der Waals surface area contributed by atoms with Crippen LogP contribution in [0, 0.1) is 5.41 Å². The van der Waals surface area contributed by atoms with Crippen molar-refractivity contribution in [1.82, 2.24) is 5.32 Å². The lowest BCUT2D eigenvalue weighted by Gasteiger charge is -2.29. The zero-order chi connectivity index (χ0) is 16.9. The lowest BCUT2D eigenvalue weighted by atomic mass is 9.85. The number of nitrogens with one attached hydrogen (secondary N) is 1. The number of carbonyl (C=O) groups excluding carboxylic acids is 1. The summed E-state index contributed by atoms with van der Waals surface area (Å²) in [7, 11) is 0. The Bertz CT molecular complexity index is 639. The molecule has 1 atom stereocenters. The molecular formula is C20H27ClN2O. The second-order valence-electron chi connectivity index (χ2n) is 7.08. The lowest BCUT2D eigenvalue weighted by Crippen LogP contribution is -2.51. The van der Waals surface area contributed by atoms with Gasteiger partial charge in [0.25, 0.3) is 0 Å². The highest BCUT2D eigenvalue weighted by Crippen LogP contribution is 2.22. The molecule has 0 bridgehead atoms. The summed E-state index contributed by atoms with van der Waals surface area (Å²) in [5.41, 5.74) is 7.28. The molecule has 0 saturated heterocycles. The van der Waals surface area contributed by atoms with Gasteiger partial charge in [0.1, 0.15) is 5.54 Å². The van der Waals surface area contributed by atoms with E-state index >= 15 is 0 Å². The largest absolute Gasteiger partial charge is 0.354 e. The van der Waals surface area contributed by atoms with E-state index in [0.29, 0.717) is 6.54 Å². The third-order valence-electron chi connectivity index (χ3n) is 4.10. The summed E-state index contributed by atoms with van der Waals surface area (Å²) < 4.78 is 0. The van der Waals surface area contributed by atoms with Crippen molar-refractivity contribution in [3.63, 3.8) is 0 Å². The molecule has 3 N–H and O–H groups in total. The summed E-state index contributed by atoms with van der Waals surface area (Å²) in [5, 5.41) is 3.02. The monoisotopic (exact) mass is 346 g/mol. The first-order valence-corrected chi connectivity index (χ1v) is 7.98. The number of rotatable bonds is 6. The highest BCUT2D eigenvalue weighted by molar-refractivity contribution is 5.87. The van der Waals surface area contributed by atoms with Crippen LogP contribution in [0.1, 0.15) is 31.9 Å². The van der Waals surface area contributed by atoms with Gasteiger partial charge < -0.3 is 11.1 Å². The van der Waals surface area contributed by atoms with Gasteiger partial charge in [0.2, 0.25) is 5.91 Å². The lowest BCUT2D eigenvalue weighted by molar-refractivity contribution is -0.126. The maximum atomic E-state index is 12.5. The quantitative estimate of drug-likeness (QED) is 0.838. The molecule has 1 amide bonds. The van der Waals surface area contributed by atoms with Crippen LogP contribution in [0.3, 0.4) is 0 Å². The van der Waals surface area contributed by atoms with E-state index in [4.69, 9.17) is 5.73 Å². The van der Waals surface area contributed by atoms with E-state index in [-0.39, 0.29) is 23.7 Å². The van der Waals surface area contributed by atoms with Crippen molar-refractivity contribution in [2.75, 3.05) is 6.54 Å². The van der Waals surface area contributed by atoms with Crippen molar-refractivity contribution < 1.29 is 4.79 Å². The first-order chi connectivity index (χ1) is 10.8. The molecule has 0 spiro atoms. The molecule has 130 valence electrons. The van der Waals surface area contributed by atoms with Gasteiger partial charge in [0, 0.05) is 6.54 Å². The van der Waals surface area contributed by atoms with Crippen LogP contribution in [0.15, 0.2) is 60.7 Å². The average molecular weight is 347 g/mol. The maximum absolute atomic E-state index is 12.5. The molecule has 4 heteroatoms. The summed E-state index contributed by atoms with van der Waals surface area (Å²) in [5.74, 6) is -0.148. The molecule has 0 radical (unpaired) electrons. The molecule has 0 heterocycles. The van der Waals surface area contributed by atoms with E-state index in [1.165, 1.54) is 5.56 Å². The van der Waals surface area contributed by atoms with Crippen molar-refractivity contribution in [3.8, 4) is 0 Å². The van der Waals surface area contributed by atoms with Gasteiger partial charge in [-0.15, -0.1) is 12.4 Å². The van der Waals surface area contributed by atoms with Gasteiger partial charge in [0.15, 0.2) is 0 Å². The Morgan fingerprint density at radius 1 is 0.958 bits per heavy atom. The first-order valence-electron chi connectivity index (χ1n) is 7.98. The van der Waals surface area contributed by atoms with E-state index in [1.807, 2.05) is 48.5 Å². The Morgan fingerprint density at radius 3 is 2.00 bits per heavy atom. The second-order valence-corrected chi connectivity index (χ2v) is 7.08. The van der Waals surface area contributed by atoms with Gasteiger partial charge >= 0.3 is 0 Å². The minimum atomic E-state index is -1.02. The summed E-state index contributed by atoms with van der Waals surface area (Å²) in [4.78, 5) is 12.5. The maximum Gasteiger partial charge on any atom is 0.244 e. The Kier molecular flexibility index (Phi) is 7.00. The van der Waals surface area contributed by atoms with Gasteiger partial charge in [-0.2, -0.15) is 0 Å². The van der Waals surface area contributed by atoms with Gasteiger partial charge in [-0.1, -0.05) is 74.5 Å². The fourth-order valence-electron chi connectivity index (χ4n) is 2.63. The van der Waals surface area contributed by atoms with Crippen LogP contribution in [0.2, 0.25) is 0 Å². The van der Waals surface area contributed by atoms with Crippen molar-refractivity contribution >= 4 is 18.3 Å². The van der Waals surface area contributed by atoms with Crippen LogP contribution in [0.4, 0.5) is 0 Å². The Morgan fingerprint density at radius 2 is 1.46 bits per heavy atom.